The Labute approximate surface area is 180 Å². The van der Waals surface area contributed by atoms with Crippen molar-refractivity contribution < 1.29 is 9.53 Å². The first-order valence-electron chi connectivity index (χ1n) is 9.90. The maximum absolute atomic E-state index is 12.8. The molecule has 0 saturated carbocycles. The summed E-state index contributed by atoms with van der Waals surface area (Å²) in [5, 5.41) is 11.0. The molecule has 3 heterocycles. The second kappa shape index (κ2) is 9.17. The molecule has 4 rings (SSSR count). The van der Waals surface area contributed by atoms with Crippen LogP contribution in [0.3, 0.4) is 0 Å². The fourth-order valence-corrected chi connectivity index (χ4v) is 2.99. The Hall–Kier alpha value is -4.07. The largest absolute Gasteiger partial charge is 0.489 e. The lowest BCUT2D eigenvalue weighted by molar-refractivity contribution is 0.102. The monoisotopic (exact) mass is 414 g/mol. The van der Waals surface area contributed by atoms with Crippen LogP contribution in [-0.4, -0.2) is 30.6 Å². The molecule has 0 aliphatic rings. The third-order valence-electron chi connectivity index (χ3n) is 4.60. The standard InChI is InChI=1S/C23H22N6O2/c1-16(2)29-15-25-28-22(29)20-7-4-8-21(26-20)27-23(30)18-5-3-6-19(13-18)31-14-17-9-11-24-12-10-17/h3-13,15-16H,14H2,1-2H3,(H,26,27,30). The highest BCUT2D eigenvalue weighted by molar-refractivity contribution is 6.04. The molecule has 1 N–H and O–H groups in total. The zero-order valence-corrected chi connectivity index (χ0v) is 17.3. The second-order valence-electron chi connectivity index (χ2n) is 7.19. The third kappa shape index (κ3) is 4.92. The third-order valence-corrected chi connectivity index (χ3v) is 4.60. The van der Waals surface area contributed by atoms with Crippen LogP contribution in [0.25, 0.3) is 11.5 Å². The summed E-state index contributed by atoms with van der Waals surface area (Å²) in [4.78, 5) is 21.3. The molecule has 0 bridgehead atoms. The van der Waals surface area contributed by atoms with Crippen LogP contribution in [0.5, 0.6) is 5.75 Å². The summed E-state index contributed by atoms with van der Waals surface area (Å²) in [5.74, 6) is 1.42. The summed E-state index contributed by atoms with van der Waals surface area (Å²) >= 11 is 0. The topological polar surface area (TPSA) is 94.8 Å². The lowest BCUT2D eigenvalue weighted by Gasteiger charge is -2.11. The van der Waals surface area contributed by atoms with Gasteiger partial charge in [-0.15, -0.1) is 10.2 Å². The van der Waals surface area contributed by atoms with E-state index in [9.17, 15) is 4.79 Å². The minimum absolute atomic E-state index is 0.194. The van der Waals surface area contributed by atoms with E-state index in [0.717, 1.165) is 5.56 Å². The van der Waals surface area contributed by atoms with E-state index >= 15 is 0 Å². The molecule has 1 amide bonds. The van der Waals surface area contributed by atoms with Gasteiger partial charge in [0.2, 0.25) is 0 Å². The predicted molar refractivity (Wildman–Crippen MR) is 117 cm³/mol. The summed E-state index contributed by atoms with van der Waals surface area (Å²) in [5.41, 5.74) is 2.11. The fourth-order valence-electron chi connectivity index (χ4n) is 2.99. The average molecular weight is 414 g/mol. The van der Waals surface area contributed by atoms with E-state index in [2.05, 4.69) is 25.5 Å². The number of rotatable bonds is 7. The quantitative estimate of drug-likeness (QED) is 0.488. The summed E-state index contributed by atoms with van der Waals surface area (Å²) < 4.78 is 7.72. The molecule has 8 nitrogen and oxygen atoms in total. The Morgan fingerprint density at radius 3 is 2.71 bits per heavy atom. The molecule has 0 atom stereocenters. The molecule has 4 aromatic rings. The second-order valence-corrected chi connectivity index (χ2v) is 7.19. The van der Waals surface area contributed by atoms with Crippen molar-refractivity contribution in [1.82, 2.24) is 24.7 Å². The number of anilines is 1. The average Bonchev–Trinajstić information content (AvgIpc) is 3.29. The molecule has 0 spiro atoms. The molecule has 0 unspecified atom stereocenters. The molecule has 1 aromatic carbocycles. The van der Waals surface area contributed by atoms with Gasteiger partial charge in [-0.1, -0.05) is 12.1 Å². The number of aromatic nitrogens is 5. The number of amides is 1. The van der Waals surface area contributed by atoms with Crippen LogP contribution >= 0.6 is 0 Å². The first kappa shape index (κ1) is 20.2. The van der Waals surface area contributed by atoms with Crippen LogP contribution in [0.15, 0.2) is 73.3 Å². The Balaban J connectivity index is 1.47. The van der Waals surface area contributed by atoms with Gasteiger partial charge in [0.15, 0.2) is 5.82 Å². The van der Waals surface area contributed by atoms with Crippen molar-refractivity contribution in [3.63, 3.8) is 0 Å². The lowest BCUT2D eigenvalue weighted by atomic mass is 10.2. The van der Waals surface area contributed by atoms with Crippen molar-refractivity contribution >= 4 is 11.7 Å². The number of carbonyl (C=O) groups excluding carboxylic acids is 1. The van der Waals surface area contributed by atoms with Crippen LogP contribution in [0.4, 0.5) is 5.82 Å². The van der Waals surface area contributed by atoms with Gasteiger partial charge in [0.25, 0.3) is 5.91 Å². The van der Waals surface area contributed by atoms with Crippen LogP contribution in [0.1, 0.15) is 35.8 Å². The molecule has 156 valence electrons. The highest BCUT2D eigenvalue weighted by atomic mass is 16.5. The van der Waals surface area contributed by atoms with Crippen LogP contribution < -0.4 is 10.1 Å². The van der Waals surface area contributed by atoms with Gasteiger partial charge < -0.3 is 14.6 Å². The molecule has 0 aliphatic carbocycles. The minimum Gasteiger partial charge on any atom is -0.489 e. The minimum atomic E-state index is -0.274. The Morgan fingerprint density at radius 2 is 1.90 bits per heavy atom. The van der Waals surface area contributed by atoms with Gasteiger partial charge in [-0.3, -0.25) is 9.78 Å². The zero-order chi connectivity index (χ0) is 21.6. The smallest absolute Gasteiger partial charge is 0.256 e. The predicted octanol–water partition coefficient (Wildman–Crippen LogP) is 4.15. The van der Waals surface area contributed by atoms with E-state index in [0.29, 0.717) is 35.3 Å². The van der Waals surface area contributed by atoms with Gasteiger partial charge in [-0.05, 0) is 61.9 Å². The number of ether oxygens (including phenoxy) is 1. The zero-order valence-electron chi connectivity index (χ0n) is 17.3. The molecular formula is C23H22N6O2. The van der Waals surface area contributed by atoms with Crippen molar-refractivity contribution in [3.8, 4) is 17.3 Å². The van der Waals surface area contributed by atoms with Crippen molar-refractivity contribution in [2.45, 2.75) is 26.5 Å². The molecule has 0 saturated heterocycles. The number of pyridine rings is 2. The van der Waals surface area contributed by atoms with Crippen LogP contribution in [-0.2, 0) is 6.61 Å². The summed E-state index contributed by atoms with van der Waals surface area (Å²) in [6, 6.07) is 16.4. The SMILES string of the molecule is CC(C)n1cnnc1-c1cccc(NC(=O)c2cccc(OCc3ccncc3)c2)n1. The Kier molecular flexibility index (Phi) is 5.98. The summed E-state index contributed by atoms with van der Waals surface area (Å²) in [7, 11) is 0. The first-order chi connectivity index (χ1) is 15.1. The van der Waals surface area contributed by atoms with Gasteiger partial charge in [0.05, 0.1) is 0 Å². The van der Waals surface area contributed by atoms with Gasteiger partial charge in [0.1, 0.15) is 30.2 Å². The Morgan fingerprint density at radius 1 is 1.10 bits per heavy atom. The number of nitrogens with zero attached hydrogens (tertiary/aromatic N) is 5. The maximum atomic E-state index is 12.8. The summed E-state index contributed by atoms with van der Waals surface area (Å²) in [6.07, 6.45) is 5.10. The first-order valence-corrected chi connectivity index (χ1v) is 9.90. The van der Waals surface area contributed by atoms with Gasteiger partial charge >= 0.3 is 0 Å². The van der Waals surface area contributed by atoms with Crippen molar-refractivity contribution in [2.24, 2.45) is 0 Å². The molecule has 0 fully saturated rings. The summed E-state index contributed by atoms with van der Waals surface area (Å²) in [6.45, 7) is 4.48. The highest BCUT2D eigenvalue weighted by Gasteiger charge is 2.13. The fraction of sp³-hybridized carbons (Fsp3) is 0.174. The number of hydrogen-bond donors (Lipinski definition) is 1. The highest BCUT2D eigenvalue weighted by Crippen LogP contribution is 2.21. The molecule has 8 heteroatoms. The molecular weight excluding hydrogens is 392 g/mol. The van der Waals surface area contributed by atoms with E-state index in [1.807, 2.05) is 48.7 Å². The maximum Gasteiger partial charge on any atom is 0.256 e. The molecule has 31 heavy (non-hydrogen) atoms. The Bertz CT molecular complexity index is 1170. The molecule has 3 aromatic heterocycles. The van der Waals surface area contributed by atoms with Crippen molar-refractivity contribution in [3.05, 3.63) is 84.4 Å². The van der Waals surface area contributed by atoms with E-state index < -0.39 is 0 Å². The van der Waals surface area contributed by atoms with E-state index in [1.54, 1.807) is 43.0 Å². The van der Waals surface area contributed by atoms with Crippen molar-refractivity contribution in [2.75, 3.05) is 5.32 Å². The normalized spacial score (nSPS) is 10.8. The van der Waals surface area contributed by atoms with Gasteiger partial charge in [-0.25, -0.2) is 4.98 Å². The van der Waals surface area contributed by atoms with E-state index in [-0.39, 0.29) is 11.9 Å². The van der Waals surface area contributed by atoms with Crippen LogP contribution in [0, 0.1) is 0 Å². The number of benzene rings is 1. The number of hydrogen-bond acceptors (Lipinski definition) is 6. The van der Waals surface area contributed by atoms with E-state index in [4.69, 9.17) is 4.74 Å². The molecule has 0 radical (unpaired) electrons. The van der Waals surface area contributed by atoms with Gasteiger partial charge in [0, 0.05) is 24.0 Å². The van der Waals surface area contributed by atoms with Crippen LogP contribution in [0.2, 0.25) is 0 Å². The van der Waals surface area contributed by atoms with Crippen molar-refractivity contribution in [1.29, 1.82) is 0 Å². The number of carbonyl (C=O) groups is 1. The lowest BCUT2D eigenvalue weighted by Crippen LogP contribution is -2.13. The van der Waals surface area contributed by atoms with E-state index in [1.165, 1.54) is 0 Å². The number of nitrogens with one attached hydrogen (secondary N) is 1. The molecule has 0 aliphatic heterocycles. The van der Waals surface area contributed by atoms with Gasteiger partial charge in [-0.2, -0.15) is 0 Å².